The summed E-state index contributed by atoms with van der Waals surface area (Å²) in [4.78, 5) is 8.88. The number of ether oxygens (including phenoxy) is 1. The molecule has 3 aromatic rings. The van der Waals surface area contributed by atoms with Crippen LogP contribution in [-0.4, -0.2) is 16.1 Å². The van der Waals surface area contributed by atoms with E-state index in [0.29, 0.717) is 5.95 Å². The van der Waals surface area contributed by atoms with Gasteiger partial charge in [-0.25, -0.2) is 4.98 Å². The van der Waals surface area contributed by atoms with E-state index < -0.39 is 0 Å². The first-order valence-corrected chi connectivity index (χ1v) is 8.79. The van der Waals surface area contributed by atoms with E-state index in [1.54, 1.807) is 6.20 Å². The summed E-state index contributed by atoms with van der Waals surface area (Å²) in [7, 11) is 0. The van der Waals surface area contributed by atoms with Crippen molar-refractivity contribution in [1.82, 2.24) is 9.97 Å². The van der Waals surface area contributed by atoms with Crippen LogP contribution in [0.1, 0.15) is 32.4 Å². The van der Waals surface area contributed by atoms with Crippen molar-refractivity contribution in [2.24, 2.45) is 0 Å². The fraction of sp³-hybridized carbons (Fsp3) is 0.238. The molecule has 2 aromatic carbocycles. The maximum atomic E-state index is 5.84. The van der Waals surface area contributed by atoms with Crippen LogP contribution >= 0.6 is 0 Å². The fourth-order valence-corrected chi connectivity index (χ4v) is 2.59. The van der Waals surface area contributed by atoms with Crippen molar-refractivity contribution in [2.45, 2.75) is 32.9 Å². The highest BCUT2D eigenvalue weighted by Gasteiger charge is 2.09. The van der Waals surface area contributed by atoms with E-state index in [0.717, 1.165) is 17.3 Å². The smallest absolute Gasteiger partial charge is 0.229 e. The summed E-state index contributed by atoms with van der Waals surface area (Å²) in [5.41, 5.74) is 2.05. The summed E-state index contributed by atoms with van der Waals surface area (Å²) < 4.78 is 5.84. The van der Waals surface area contributed by atoms with E-state index in [-0.39, 0.29) is 12.1 Å². The molecule has 0 amide bonds. The normalized spacial score (nSPS) is 11.8. The summed E-state index contributed by atoms with van der Waals surface area (Å²) in [6.45, 7) is 6.11. The molecule has 1 heterocycles. The SMILES string of the molecule is CC(C)Oc1ccccc1Nc1nccc(NC(C)c2ccccc2)n1. The molecule has 0 aliphatic heterocycles. The van der Waals surface area contributed by atoms with Gasteiger partial charge in [0.2, 0.25) is 5.95 Å². The van der Waals surface area contributed by atoms with E-state index in [9.17, 15) is 0 Å². The average Bonchev–Trinajstić information content (AvgIpc) is 2.64. The Kier molecular flexibility index (Phi) is 5.69. The Morgan fingerprint density at radius 2 is 1.62 bits per heavy atom. The number of benzene rings is 2. The molecule has 0 saturated heterocycles. The third-order valence-corrected chi connectivity index (χ3v) is 3.82. The minimum atomic E-state index is 0.0959. The first-order chi connectivity index (χ1) is 12.6. The van der Waals surface area contributed by atoms with Crippen molar-refractivity contribution in [2.75, 3.05) is 10.6 Å². The van der Waals surface area contributed by atoms with E-state index in [4.69, 9.17) is 4.74 Å². The molecule has 5 nitrogen and oxygen atoms in total. The molecule has 5 heteroatoms. The molecule has 0 saturated carbocycles. The van der Waals surface area contributed by atoms with Crippen molar-refractivity contribution in [3.8, 4) is 5.75 Å². The lowest BCUT2D eigenvalue weighted by Crippen LogP contribution is -2.10. The van der Waals surface area contributed by atoms with Gasteiger partial charge in [0.25, 0.3) is 0 Å². The van der Waals surface area contributed by atoms with Crippen molar-refractivity contribution < 1.29 is 4.74 Å². The lowest BCUT2D eigenvalue weighted by Gasteiger charge is -2.17. The third-order valence-electron chi connectivity index (χ3n) is 3.82. The van der Waals surface area contributed by atoms with Gasteiger partial charge in [0.1, 0.15) is 11.6 Å². The highest BCUT2D eigenvalue weighted by molar-refractivity contribution is 5.63. The molecule has 0 radical (unpaired) electrons. The molecule has 26 heavy (non-hydrogen) atoms. The number of nitrogens with zero attached hydrogens (tertiary/aromatic N) is 2. The van der Waals surface area contributed by atoms with E-state index in [2.05, 4.69) is 39.7 Å². The topological polar surface area (TPSA) is 59.1 Å². The third kappa shape index (κ3) is 4.72. The molecule has 0 aliphatic rings. The molecule has 0 fully saturated rings. The fourth-order valence-electron chi connectivity index (χ4n) is 2.59. The van der Waals surface area contributed by atoms with Crippen molar-refractivity contribution >= 4 is 17.5 Å². The number of rotatable bonds is 7. The van der Waals surface area contributed by atoms with Crippen LogP contribution in [0.25, 0.3) is 0 Å². The highest BCUT2D eigenvalue weighted by Crippen LogP contribution is 2.27. The first kappa shape index (κ1) is 17.7. The zero-order chi connectivity index (χ0) is 18.4. The minimum Gasteiger partial charge on any atom is -0.489 e. The maximum Gasteiger partial charge on any atom is 0.229 e. The molecule has 0 bridgehead atoms. The predicted molar refractivity (Wildman–Crippen MR) is 106 cm³/mol. The second-order valence-electron chi connectivity index (χ2n) is 6.33. The van der Waals surface area contributed by atoms with Crippen LogP contribution < -0.4 is 15.4 Å². The molecule has 0 spiro atoms. The Hall–Kier alpha value is -3.08. The maximum absolute atomic E-state index is 5.84. The molecular weight excluding hydrogens is 324 g/mol. The standard InChI is InChI=1S/C21H24N4O/c1-15(2)26-19-12-8-7-11-18(19)24-21-22-14-13-20(25-21)23-16(3)17-9-5-4-6-10-17/h4-16H,1-3H3,(H2,22,23,24,25). The molecular formula is C21H24N4O. The molecule has 0 aliphatic carbocycles. The van der Waals surface area contributed by atoms with Crippen molar-refractivity contribution in [3.05, 3.63) is 72.4 Å². The van der Waals surface area contributed by atoms with Crippen molar-refractivity contribution in [3.63, 3.8) is 0 Å². The van der Waals surface area contributed by atoms with Crippen molar-refractivity contribution in [1.29, 1.82) is 0 Å². The van der Waals surface area contributed by atoms with Gasteiger partial charge in [0.15, 0.2) is 0 Å². The number of anilines is 3. The van der Waals surface area contributed by atoms with Crippen LogP contribution in [0.5, 0.6) is 5.75 Å². The van der Waals surface area contributed by atoms with Crippen LogP contribution in [0, 0.1) is 0 Å². The summed E-state index contributed by atoms with van der Waals surface area (Å²) in [6, 6.07) is 20.1. The Balaban J connectivity index is 1.74. The van der Waals surface area contributed by atoms with E-state index in [1.807, 2.05) is 62.4 Å². The summed E-state index contributed by atoms with van der Waals surface area (Å²) >= 11 is 0. The van der Waals surface area contributed by atoms with Gasteiger partial charge in [-0.15, -0.1) is 0 Å². The second-order valence-corrected chi connectivity index (χ2v) is 6.33. The molecule has 134 valence electrons. The Labute approximate surface area is 154 Å². The highest BCUT2D eigenvalue weighted by atomic mass is 16.5. The quantitative estimate of drug-likeness (QED) is 0.616. The summed E-state index contributed by atoms with van der Waals surface area (Å²) in [5.74, 6) is 2.07. The first-order valence-electron chi connectivity index (χ1n) is 8.79. The second kappa shape index (κ2) is 8.34. The minimum absolute atomic E-state index is 0.0959. The molecule has 1 unspecified atom stereocenters. The van der Waals surface area contributed by atoms with Gasteiger partial charge in [0, 0.05) is 12.2 Å². The monoisotopic (exact) mass is 348 g/mol. The van der Waals surface area contributed by atoms with E-state index >= 15 is 0 Å². The molecule has 2 N–H and O–H groups in total. The van der Waals surface area contributed by atoms with Crippen LogP contribution in [0.3, 0.4) is 0 Å². The molecule has 1 aromatic heterocycles. The van der Waals surface area contributed by atoms with Gasteiger partial charge in [-0.2, -0.15) is 4.98 Å². The zero-order valence-corrected chi connectivity index (χ0v) is 15.3. The number of para-hydroxylation sites is 2. The summed E-state index contributed by atoms with van der Waals surface area (Å²) in [5, 5.41) is 6.65. The molecule has 3 rings (SSSR count). The van der Waals surface area contributed by atoms with Gasteiger partial charge in [-0.1, -0.05) is 42.5 Å². The average molecular weight is 348 g/mol. The van der Waals surface area contributed by atoms with Crippen LogP contribution in [-0.2, 0) is 0 Å². The Morgan fingerprint density at radius 1 is 0.885 bits per heavy atom. The van der Waals surface area contributed by atoms with Gasteiger partial charge < -0.3 is 15.4 Å². The molecule has 1 atom stereocenters. The lowest BCUT2D eigenvalue weighted by atomic mass is 10.1. The van der Waals surface area contributed by atoms with Crippen LogP contribution in [0.15, 0.2) is 66.9 Å². The largest absolute Gasteiger partial charge is 0.489 e. The predicted octanol–water partition coefficient (Wildman–Crippen LogP) is 5.18. The Morgan fingerprint density at radius 3 is 2.38 bits per heavy atom. The zero-order valence-electron chi connectivity index (χ0n) is 15.3. The number of aromatic nitrogens is 2. The van der Waals surface area contributed by atoms with Gasteiger partial charge in [-0.05, 0) is 44.5 Å². The van der Waals surface area contributed by atoms with E-state index in [1.165, 1.54) is 5.56 Å². The lowest BCUT2D eigenvalue weighted by molar-refractivity contribution is 0.244. The number of hydrogen-bond acceptors (Lipinski definition) is 5. The van der Waals surface area contributed by atoms with Gasteiger partial charge in [0.05, 0.1) is 11.8 Å². The van der Waals surface area contributed by atoms with Crippen LogP contribution in [0.2, 0.25) is 0 Å². The van der Waals surface area contributed by atoms with Gasteiger partial charge >= 0.3 is 0 Å². The number of hydrogen-bond donors (Lipinski definition) is 2. The number of nitrogens with one attached hydrogen (secondary N) is 2. The van der Waals surface area contributed by atoms with Crippen LogP contribution in [0.4, 0.5) is 17.5 Å². The summed E-state index contributed by atoms with van der Waals surface area (Å²) in [6.07, 6.45) is 1.83. The van der Waals surface area contributed by atoms with Gasteiger partial charge in [-0.3, -0.25) is 0 Å². The Bertz CT molecular complexity index is 836.